The molecule has 0 unspecified atom stereocenters. The maximum atomic E-state index is 6.42. The second kappa shape index (κ2) is 6.57. The molecule has 1 saturated carbocycles. The first-order chi connectivity index (χ1) is 11.3. The molecule has 1 aliphatic carbocycles. The van der Waals surface area contributed by atoms with Gasteiger partial charge in [-0.1, -0.05) is 48.6 Å². The molecule has 23 heavy (non-hydrogen) atoms. The minimum absolute atomic E-state index is 0.133. The normalized spacial score (nSPS) is 24.8. The van der Waals surface area contributed by atoms with Crippen molar-refractivity contribution in [1.82, 2.24) is 10.2 Å². The Morgan fingerprint density at radius 1 is 1.17 bits per heavy atom. The van der Waals surface area contributed by atoms with Crippen molar-refractivity contribution >= 4 is 16.5 Å². The molecule has 0 spiro atoms. The van der Waals surface area contributed by atoms with E-state index in [4.69, 9.17) is 4.74 Å². The summed E-state index contributed by atoms with van der Waals surface area (Å²) in [6.45, 7) is 4.01. The molecule has 2 atom stereocenters. The topological polar surface area (TPSA) is 38.2 Å². The zero-order chi connectivity index (χ0) is 15.6. The quantitative estimate of drug-likeness (QED) is 0.835. The minimum atomic E-state index is 0.133. The molecule has 0 N–H and O–H groups in total. The SMILES string of the molecule is CCCc1nnc(N2C[C@@H](c3ccccc3)O[C@@H](C3CC3)C2)s1. The number of ether oxygens (including phenoxy) is 1. The highest BCUT2D eigenvalue weighted by Gasteiger charge is 2.39. The molecule has 1 aromatic carbocycles. The van der Waals surface area contributed by atoms with Gasteiger partial charge in [0.25, 0.3) is 0 Å². The maximum Gasteiger partial charge on any atom is 0.208 e. The van der Waals surface area contributed by atoms with Crippen LogP contribution in [0.4, 0.5) is 5.13 Å². The summed E-state index contributed by atoms with van der Waals surface area (Å²) in [7, 11) is 0. The molecular formula is C18H23N3OS. The highest BCUT2D eigenvalue weighted by Crippen LogP contribution is 2.40. The van der Waals surface area contributed by atoms with Crippen LogP contribution < -0.4 is 4.90 Å². The molecule has 1 saturated heterocycles. The average Bonchev–Trinajstić information content (AvgIpc) is 3.35. The largest absolute Gasteiger partial charge is 0.366 e. The third-order valence-electron chi connectivity index (χ3n) is 4.64. The lowest BCUT2D eigenvalue weighted by Gasteiger charge is -2.38. The first kappa shape index (κ1) is 15.1. The van der Waals surface area contributed by atoms with Crippen LogP contribution in [0.15, 0.2) is 30.3 Å². The highest BCUT2D eigenvalue weighted by molar-refractivity contribution is 7.15. The van der Waals surface area contributed by atoms with Crippen molar-refractivity contribution < 1.29 is 4.74 Å². The van der Waals surface area contributed by atoms with E-state index in [0.717, 1.165) is 42.0 Å². The number of aromatic nitrogens is 2. The number of rotatable bonds is 5. The van der Waals surface area contributed by atoms with Crippen LogP contribution in [0.2, 0.25) is 0 Å². The summed E-state index contributed by atoms with van der Waals surface area (Å²) in [5, 5.41) is 11.0. The van der Waals surface area contributed by atoms with E-state index in [9.17, 15) is 0 Å². The van der Waals surface area contributed by atoms with Crippen LogP contribution in [0.5, 0.6) is 0 Å². The van der Waals surface area contributed by atoms with Crippen LogP contribution in [0.25, 0.3) is 0 Å². The number of nitrogens with zero attached hydrogens (tertiary/aromatic N) is 3. The molecule has 0 bridgehead atoms. The summed E-state index contributed by atoms with van der Waals surface area (Å²) in [5.74, 6) is 0.729. The second-order valence-corrected chi connectivity index (χ2v) is 7.59. The first-order valence-electron chi connectivity index (χ1n) is 8.61. The fourth-order valence-electron chi connectivity index (χ4n) is 3.21. The molecule has 4 rings (SSSR count). The zero-order valence-corrected chi connectivity index (χ0v) is 14.3. The summed E-state index contributed by atoms with van der Waals surface area (Å²) >= 11 is 1.74. The van der Waals surface area contributed by atoms with Crippen LogP contribution in [0.1, 0.15) is 42.9 Å². The van der Waals surface area contributed by atoms with E-state index in [2.05, 4.69) is 52.4 Å². The van der Waals surface area contributed by atoms with Crippen LogP contribution >= 0.6 is 11.3 Å². The molecule has 0 amide bonds. The number of morpholine rings is 1. The van der Waals surface area contributed by atoms with E-state index < -0.39 is 0 Å². The molecule has 0 radical (unpaired) electrons. The van der Waals surface area contributed by atoms with Crippen LogP contribution in [0, 0.1) is 5.92 Å². The summed E-state index contributed by atoms with van der Waals surface area (Å²) in [6, 6.07) is 10.6. The van der Waals surface area contributed by atoms with E-state index in [1.54, 1.807) is 11.3 Å². The Bertz CT molecular complexity index is 641. The lowest BCUT2D eigenvalue weighted by molar-refractivity contribution is -0.0385. The van der Waals surface area contributed by atoms with Crippen LogP contribution in [-0.4, -0.2) is 29.4 Å². The zero-order valence-electron chi connectivity index (χ0n) is 13.5. The van der Waals surface area contributed by atoms with Gasteiger partial charge in [-0.25, -0.2) is 0 Å². The van der Waals surface area contributed by atoms with Crippen molar-refractivity contribution in [3.8, 4) is 0 Å². The highest BCUT2D eigenvalue weighted by atomic mass is 32.1. The molecule has 2 heterocycles. The molecule has 4 nitrogen and oxygen atoms in total. The van der Waals surface area contributed by atoms with Crippen LogP contribution in [0.3, 0.4) is 0 Å². The second-order valence-electron chi connectivity index (χ2n) is 6.54. The Kier molecular flexibility index (Phi) is 4.31. The standard InChI is InChI=1S/C18H23N3OS/c1-2-6-17-19-20-18(23-17)21-11-15(13-7-4-3-5-8-13)22-16(12-21)14-9-10-14/h3-5,7-8,14-16H,2,6,9-12H2,1H3/t15-,16+/m0/s1. The number of hydrogen-bond donors (Lipinski definition) is 0. The van der Waals surface area contributed by atoms with Gasteiger partial charge in [-0.15, -0.1) is 10.2 Å². The van der Waals surface area contributed by atoms with Gasteiger partial charge in [0.2, 0.25) is 5.13 Å². The molecule has 1 aromatic heterocycles. The molecule has 2 aliphatic rings. The Morgan fingerprint density at radius 2 is 2.00 bits per heavy atom. The Balaban J connectivity index is 1.55. The Hall–Kier alpha value is -1.46. The van der Waals surface area contributed by atoms with Crippen molar-refractivity contribution in [3.05, 3.63) is 40.9 Å². The van der Waals surface area contributed by atoms with E-state index in [1.807, 2.05) is 0 Å². The summed E-state index contributed by atoms with van der Waals surface area (Å²) in [5.41, 5.74) is 1.26. The smallest absolute Gasteiger partial charge is 0.208 e. The van der Waals surface area contributed by atoms with Gasteiger partial charge in [0.15, 0.2) is 0 Å². The van der Waals surface area contributed by atoms with E-state index in [0.29, 0.717) is 6.10 Å². The average molecular weight is 329 g/mol. The van der Waals surface area contributed by atoms with Crippen molar-refractivity contribution in [3.63, 3.8) is 0 Å². The number of anilines is 1. The van der Waals surface area contributed by atoms with Crippen molar-refractivity contribution in [2.75, 3.05) is 18.0 Å². The third kappa shape index (κ3) is 3.40. The van der Waals surface area contributed by atoms with Gasteiger partial charge in [-0.05, 0) is 30.7 Å². The predicted octanol–water partition coefficient (Wildman–Crippen LogP) is 3.85. The molecule has 2 fully saturated rings. The van der Waals surface area contributed by atoms with Gasteiger partial charge in [0.05, 0.1) is 12.6 Å². The lowest BCUT2D eigenvalue weighted by Crippen LogP contribution is -2.45. The van der Waals surface area contributed by atoms with Gasteiger partial charge in [0, 0.05) is 13.0 Å². The number of aryl methyl sites for hydroxylation is 1. The van der Waals surface area contributed by atoms with Crippen molar-refractivity contribution in [2.45, 2.75) is 44.8 Å². The van der Waals surface area contributed by atoms with Gasteiger partial charge < -0.3 is 9.64 Å². The molecular weight excluding hydrogens is 306 g/mol. The lowest BCUT2D eigenvalue weighted by atomic mass is 10.1. The summed E-state index contributed by atoms with van der Waals surface area (Å²) in [6.07, 6.45) is 5.21. The van der Waals surface area contributed by atoms with E-state index in [-0.39, 0.29) is 6.10 Å². The number of hydrogen-bond acceptors (Lipinski definition) is 5. The molecule has 2 aromatic rings. The van der Waals surface area contributed by atoms with Crippen molar-refractivity contribution in [2.24, 2.45) is 5.92 Å². The van der Waals surface area contributed by atoms with E-state index >= 15 is 0 Å². The van der Waals surface area contributed by atoms with Crippen LogP contribution in [-0.2, 0) is 11.2 Å². The predicted molar refractivity (Wildman–Crippen MR) is 92.9 cm³/mol. The molecule has 122 valence electrons. The molecule has 5 heteroatoms. The van der Waals surface area contributed by atoms with Crippen molar-refractivity contribution in [1.29, 1.82) is 0 Å². The molecule has 1 aliphatic heterocycles. The van der Waals surface area contributed by atoms with Gasteiger partial charge in [-0.3, -0.25) is 0 Å². The summed E-state index contributed by atoms with van der Waals surface area (Å²) < 4.78 is 6.42. The minimum Gasteiger partial charge on any atom is -0.366 e. The van der Waals surface area contributed by atoms with E-state index in [1.165, 1.54) is 18.4 Å². The monoisotopic (exact) mass is 329 g/mol. The number of benzene rings is 1. The maximum absolute atomic E-state index is 6.42. The Morgan fingerprint density at radius 3 is 2.74 bits per heavy atom. The van der Waals surface area contributed by atoms with Gasteiger partial charge in [0.1, 0.15) is 11.1 Å². The fraction of sp³-hybridized carbons (Fsp3) is 0.556. The van der Waals surface area contributed by atoms with Gasteiger partial charge >= 0.3 is 0 Å². The Labute approximate surface area is 141 Å². The summed E-state index contributed by atoms with van der Waals surface area (Å²) in [4.78, 5) is 2.39. The van der Waals surface area contributed by atoms with Gasteiger partial charge in [-0.2, -0.15) is 0 Å². The third-order valence-corrected chi connectivity index (χ3v) is 5.68. The fourth-order valence-corrected chi connectivity index (χ4v) is 4.17. The first-order valence-corrected chi connectivity index (χ1v) is 9.43.